The fourth-order valence-electron chi connectivity index (χ4n) is 2.50. The van der Waals surface area contributed by atoms with Crippen LogP contribution in [0.15, 0.2) is 0 Å². The van der Waals surface area contributed by atoms with Gasteiger partial charge in [-0.2, -0.15) is 0 Å². The first kappa shape index (κ1) is 13.7. The van der Waals surface area contributed by atoms with E-state index in [0.717, 1.165) is 19.3 Å². The van der Waals surface area contributed by atoms with Crippen molar-refractivity contribution in [3.05, 3.63) is 5.21 Å². The van der Waals surface area contributed by atoms with E-state index in [0.29, 0.717) is 13.0 Å². The number of hydrogen-bond donors (Lipinski definition) is 0. The average molecular weight is 227 g/mol. The SMILES string of the molecule is CCCCCCCC(C)[N+]1([O-])CCCC1=O. The van der Waals surface area contributed by atoms with Gasteiger partial charge in [-0.25, -0.2) is 4.79 Å². The number of carbonyl (C=O) groups excluding carboxylic acids is 1. The first-order chi connectivity index (χ1) is 7.61. The first-order valence-corrected chi connectivity index (χ1v) is 6.73. The number of quaternary nitrogens is 1. The van der Waals surface area contributed by atoms with E-state index in [2.05, 4.69) is 6.92 Å². The van der Waals surface area contributed by atoms with Crippen LogP contribution in [0.4, 0.5) is 0 Å². The third kappa shape index (κ3) is 3.29. The van der Waals surface area contributed by atoms with Gasteiger partial charge in [-0.3, -0.25) is 4.65 Å². The summed E-state index contributed by atoms with van der Waals surface area (Å²) in [6, 6.07) is -0.0309. The van der Waals surface area contributed by atoms with Gasteiger partial charge in [-0.1, -0.05) is 32.6 Å². The Labute approximate surface area is 99.0 Å². The van der Waals surface area contributed by atoms with Crippen LogP contribution in [-0.2, 0) is 4.79 Å². The number of likely N-dealkylation sites (tertiary alicyclic amines) is 1. The Bertz CT molecular complexity index is 230. The molecule has 1 rings (SSSR count). The number of hydrogen-bond acceptors (Lipinski definition) is 2. The maximum absolute atomic E-state index is 12.2. The van der Waals surface area contributed by atoms with E-state index in [1.54, 1.807) is 0 Å². The van der Waals surface area contributed by atoms with Crippen molar-refractivity contribution in [2.75, 3.05) is 6.54 Å². The molecule has 1 aliphatic heterocycles. The molecule has 3 heteroatoms. The minimum atomic E-state index is -0.548. The molecule has 0 aromatic heterocycles. The number of hydroxylamine groups is 3. The number of amides is 1. The zero-order valence-electron chi connectivity index (χ0n) is 10.7. The fraction of sp³-hybridized carbons (Fsp3) is 0.923. The van der Waals surface area contributed by atoms with Crippen LogP contribution in [-0.4, -0.2) is 23.1 Å². The van der Waals surface area contributed by atoms with Gasteiger partial charge < -0.3 is 5.21 Å². The predicted octanol–water partition coefficient (Wildman–Crippen LogP) is 3.37. The van der Waals surface area contributed by atoms with Crippen molar-refractivity contribution in [3.63, 3.8) is 0 Å². The van der Waals surface area contributed by atoms with Crippen LogP contribution in [0.25, 0.3) is 0 Å². The van der Waals surface area contributed by atoms with Gasteiger partial charge in [-0.05, 0) is 19.8 Å². The van der Waals surface area contributed by atoms with Gasteiger partial charge in [0.1, 0.15) is 0 Å². The highest BCUT2D eigenvalue weighted by Crippen LogP contribution is 2.26. The van der Waals surface area contributed by atoms with Gasteiger partial charge >= 0.3 is 5.91 Å². The van der Waals surface area contributed by atoms with Crippen molar-refractivity contribution >= 4 is 5.91 Å². The molecule has 0 aliphatic carbocycles. The normalized spacial score (nSPS) is 27.3. The summed E-state index contributed by atoms with van der Waals surface area (Å²) in [4.78, 5) is 11.5. The highest BCUT2D eigenvalue weighted by atomic mass is 16.6. The van der Waals surface area contributed by atoms with E-state index < -0.39 is 4.65 Å². The molecule has 0 bridgehead atoms. The molecule has 3 nitrogen and oxygen atoms in total. The highest BCUT2D eigenvalue weighted by Gasteiger charge is 2.37. The highest BCUT2D eigenvalue weighted by molar-refractivity contribution is 5.71. The molecule has 2 unspecified atom stereocenters. The Morgan fingerprint density at radius 2 is 2.00 bits per heavy atom. The molecule has 1 heterocycles. The minimum Gasteiger partial charge on any atom is -0.625 e. The Hall–Kier alpha value is -0.410. The van der Waals surface area contributed by atoms with Crippen LogP contribution in [0.5, 0.6) is 0 Å². The molecule has 1 aliphatic rings. The molecule has 1 amide bonds. The third-order valence-electron chi connectivity index (χ3n) is 3.74. The zero-order chi connectivity index (χ0) is 12.0. The number of carbonyl (C=O) groups is 1. The Morgan fingerprint density at radius 1 is 1.31 bits per heavy atom. The molecule has 0 spiro atoms. The molecule has 1 saturated heterocycles. The molecule has 94 valence electrons. The van der Waals surface area contributed by atoms with Crippen molar-refractivity contribution in [2.45, 2.75) is 71.3 Å². The summed E-state index contributed by atoms with van der Waals surface area (Å²) in [5.41, 5.74) is 0. The second-order valence-electron chi connectivity index (χ2n) is 5.07. The summed E-state index contributed by atoms with van der Waals surface area (Å²) in [7, 11) is 0. The topological polar surface area (TPSA) is 40.1 Å². The van der Waals surface area contributed by atoms with Crippen LogP contribution >= 0.6 is 0 Å². The lowest BCUT2D eigenvalue weighted by Gasteiger charge is -2.41. The van der Waals surface area contributed by atoms with Gasteiger partial charge in [0.25, 0.3) is 0 Å². The molecule has 0 N–H and O–H groups in total. The second-order valence-corrected chi connectivity index (χ2v) is 5.07. The van der Waals surface area contributed by atoms with Gasteiger partial charge in [-0.15, -0.1) is 0 Å². The number of unbranched alkanes of at least 4 members (excludes halogenated alkanes) is 4. The van der Waals surface area contributed by atoms with Gasteiger partial charge in [0, 0.05) is 6.42 Å². The molecule has 0 aromatic rings. The summed E-state index contributed by atoms with van der Waals surface area (Å²) in [5.74, 6) is -0.0962. The van der Waals surface area contributed by atoms with E-state index in [1.807, 2.05) is 6.92 Å². The van der Waals surface area contributed by atoms with E-state index in [9.17, 15) is 10.0 Å². The molecule has 0 radical (unpaired) electrons. The maximum atomic E-state index is 12.2. The third-order valence-corrected chi connectivity index (χ3v) is 3.74. The van der Waals surface area contributed by atoms with E-state index in [1.165, 1.54) is 25.7 Å². The fourth-order valence-corrected chi connectivity index (χ4v) is 2.50. The molecular weight excluding hydrogens is 202 g/mol. The quantitative estimate of drug-likeness (QED) is 0.380. The molecular formula is C13H25NO2. The Kier molecular flexibility index (Phi) is 5.42. The van der Waals surface area contributed by atoms with Crippen LogP contribution in [0.2, 0.25) is 0 Å². The molecule has 0 saturated carbocycles. The van der Waals surface area contributed by atoms with E-state index in [4.69, 9.17) is 0 Å². The Balaban J connectivity index is 2.24. The van der Waals surface area contributed by atoms with Crippen molar-refractivity contribution in [1.82, 2.24) is 0 Å². The standard InChI is InChI=1S/C13H25NO2/c1-3-4-5-6-7-9-12(2)14(16)11-8-10-13(14)15/h12H,3-11H2,1-2H3. The molecule has 16 heavy (non-hydrogen) atoms. The summed E-state index contributed by atoms with van der Waals surface area (Å²) < 4.78 is -0.548. The van der Waals surface area contributed by atoms with Gasteiger partial charge in [0.05, 0.1) is 19.0 Å². The maximum Gasteiger partial charge on any atom is 0.314 e. The molecule has 0 aromatic carbocycles. The molecule has 2 atom stereocenters. The molecule has 1 fully saturated rings. The number of nitrogens with zero attached hydrogens (tertiary/aromatic N) is 1. The van der Waals surface area contributed by atoms with E-state index in [-0.39, 0.29) is 11.9 Å². The van der Waals surface area contributed by atoms with Crippen molar-refractivity contribution in [2.24, 2.45) is 0 Å². The van der Waals surface area contributed by atoms with Crippen LogP contribution in [0.1, 0.15) is 65.2 Å². The zero-order valence-corrected chi connectivity index (χ0v) is 10.7. The van der Waals surface area contributed by atoms with Gasteiger partial charge in [0.15, 0.2) is 0 Å². The second kappa shape index (κ2) is 6.36. The smallest absolute Gasteiger partial charge is 0.314 e. The van der Waals surface area contributed by atoms with Crippen molar-refractivity contribution in [1.29, 1.82) is 0 Å². The summed E-state index contributed by atoms with van der Waals surface area (Å²) in [6.45, 7) is 4.65. The average Bonchev–Trinajstić information content (AvgIpc) is 2.60. The predicted molar refractivity (Wildman–Crippen MR) is 65.6 cm³/mol. The summed E-state index contributed by atoms with van der Waals surface area (Å²) >= 11 is 0. The lowest BCUT2D eigenvalue weighted by molar-refractivity contribution is -0.821. The minimum absolute atomic E-state index is 0.0309. The van der Waals surface area contributed by atoms with Gasteiger partial charge in [0.2, 0.25) is 0 Å². The van der Waals surface area contributed by atoms with Crippen molar-refractivity contribution in [3.8, 4) is 0 Å². The lowest BCUT2D eigenvalue weighted by atomic mass is 10.1. The monoisotopic (exact) mass is 227 g/mol. The number of rotatable bonds is 7. The summed E-state index contributed by atoms with van der Waals surface area (Å²) in [6.07, 6.45) is 8.25. The largest absolute Gasteiger partial charge is 0.625 e. The lowest BCUT2D eigenvalue weighted by Crippen LogP contribution is -2.50. The summed E-state index contributed by atoms with van der Waals surface area (Å²) in [5, 5.41) is 12.2. The van der Waals surface area contributed by atoms with E-state index >= 15 is 0 Å². The van der Waals surface area contributed by atoms with Crippen LogP contribution < -0.4 is 0 Å². The van der Waals surface area contributed by atoms with Crippen LogP contribution in [0.3, 0.4) is 0 Å². The first-order valence-electron chi connectivity index (χ1n) is 6.73. The van der Waals surface area contributed by atoms with Crippen LogP contribution in [0, 0.1) is 5.21 Å². The van der Waals surface area contributed by atoms with Crippen molar-refractivity contribution < 1.29 is 9.44 Å². The Morgan fingerprint density at radius 3 is 2.56 bits per heavy atom.